The minimum absolute atomic E-state index is 0.0781. The van der Waals surface area contributed by atoms with Crippen LogP contribution in [0.5, 0.6) is 0 Å². The van der Waals surface area contributed by atoms with Crippen LogP contribution in [0.25, 0.3) is 0 Å². The Hall–Kier alpha value is -2.12. The summed E-state index contributed by atoms with van der Waals surface area (Å²) in [6.45, 7) is 6.29. The van der Waals surface area contributed by atoms with Crippen molar-refractivity contribution in [1.82, 2.24) is 14.7 Å². The molecule has 3 aliphatic rings. The molecule has 3 fully saturated rings. The average Bonchev–Trinajstić information content (AvgIpc) is 2.95. The molecule has 2 saturated heterocycles. The maximum atomic E-state index is 12.5. The molecule has 0 aromatic rings. The van der Waals surface area contributed by atoms with Gasteiger partial charge in [0, 0.05) is 39.1 Å². The average molecular weight is 393 g/mol. The van der Waals surface area contributed by atoms with Crippen LogP contribution in [-0.4, -0.2) is 77.8 Å². The maximum Gasteiger partial charge on any atom is 0.409 e. The highest BCUT2D eigenvalue weighted by molar-refractivity contribution is 6.05. The van der Waals surface area contributed by atoms with E-state index < -0.39 is 0 Å². The van der Waals surface area contributed by atoms with Crippen LogP contribution in [0.3, 0.4) is 0 Å². The normalized spacial score (nSPS) is 25.3. The van der Waals surface area contributed by atoms with Crippen LogP contribution in [-0.2, 0) is 19.1 Å². The van der Waals surface area contributed by atoms with Gasteiger partial charge in [-0.2, -0.15) is 0 Å². The molecule has 0 radical (unpaired) electrons. The molecule has 0 aromatic heterocycles. The molecule has 1 aliphatic carbocycles. The van der Waals surface area contributed by atoms with E-state index in [0.29, 0.717) is 32.8 Å². The van der Waals surface area contributed by atoms with Gasteiger partial charge < -0.3 is 14.5 Å². The molecule has 0 N–H and O–H groups in total. The predicted octanol–water partition coefficient (Wildman–Crippen LogP) is 1.49. The summed E-state index contributed by atoms with van der Waals surface area (Å²) in [5.41, 5.74) is 0. The van der Waals surface area contributed by atoms with Crippen LogP contribution in [0.1, 0.15) is 46.0 Å². The monoisotopic (exact) mass is 393 g/mol. The van der Waals surface area contributed by atoms with Gasteiger partial charge in [0.25, 0.3) is 0 Å². The van der Waals surface area contributed by atoms with Gasteiger partial charge in [0.2, 0.25) is 17.7 Å². The summed E-state index contributed by atoms with van der Waals surface area (Å²) in [4.78, 5) is 54.1. The van der Waals surface area contributed by atoms with Gasteiger partial charge >= 0.3 is 6.09 Å². The fourth-order valence-corrected chi connectivity index (χ4v) is 4.28. The Morgan fingerprint density at radius 2 is 1.50 bits per heavy atom. The number of carbonyl (C=O) groups is 4. The first-order chi connectivity index (χ1) is 13.4. The van der Waals surface area contributed by atoms with Gasteiger partial charge in [-0.05, 0) is 18.8 Å². The van der Waals surface area contributed by atoms with E-state index in [-0.39, 0.29) is 54.5 Å². The minimum Gasteiger partial charge on any atom is -0.449 e. The number of piperazine rings is 1. The number of nitrogens with zero attached hydrogens (tertiary/aromatic N) is 3. The van der Waals surface area contributed by atoms with E-state index in [1.54, 1.807) is 9.80 Å². The topological polar surface area (TPSA) is 87.2 Å². The summed E-state index contributed by atoms with van der Waals surface area (Å²) >= 11 is 0. The molecule has 4 amide bonds. The second-order valence-corrected chi connectivity index (χ2v) is 8.41. The predicted molar refractivity (Wildman–Crippen MR) is 101 cm³/mol. The van der Waals surface area contributed by atoms with Crippen LogP contribution < -0.4 is 0 Å². The standard InChI is InChI=1S/C20H31N3O5/c1-14(2)13-28-20(27)22-11-9-21(10-12-22)17(24)7-8-23-18(25)15-5-3-4-6-16(15)19(23)26/h14-16H,3-13H2,1-2H3. The van der Waals surface area contributed by atoms with E-state index in [9.17, 15) is 19.2 Å². The van der Waals surface area contributed by atoms with Gasteiger partial charge in [-0.3, -0.25) is 19.3 Å². The summed E-state index contributed by atoms with van der Waals surface area (Å²) < 4.78 is 5.23. The van der Waals surface area contributed by atoms with E-state index in [1.807, 2.05) is 13.8 Å². The first-order valence-electron chi connectivity index (χ1n) is 10.4. The summed E-state index contributed by atoms with van der Waals surface area (Å²) in [7, 11) is 0. The van der Waals surface area contributed by atoms with E-state index in [4.69, 9.17) is 4.74 Å². The summed E-state index contributed by atoms with van der Waals surface area (Å²) in [5, 5.41) is 0. The van der Waals surface area contributed by atoms with Crippen LogP contribution in [0.4, 0.5) is 4.79 Å². The fourth-order valence-electron chi connectivity index (χ4n) is 4.28. The maximum absolute atomic E-state index is 12.5. The number of rotatable bonds is 5. The fraction of sp³-hybridized carbons (Fsp3) is 0.800. The first kappa shape index (κ1) is 20.6. The summed E-state index contributed by atoms with van der Waals surface area (Å²) in [5.74, 6) is -0.328. The van der Waals surface area contributed by atoms with Crippen molar-refractivity contribution >= 4 is 23.8 Å². The Balaban J connectivity index is 1.43. The minimum atomic E-state index is -0.336. The number of hydrogen-bond acceptors (Lipinski definition) is 5. The Morgan fingerprint density at radius 3 is 2.04 bits per heavy atom. The molecule has 2 atom stereocenters. The molecule has 0 spiro atoms. The van der Waals surface area contributed by atoms with Crippen molar-refractivity contribution in [3.05, 3.63) is 0 Å². The molecule has 28 heavy (non-hydrogen) atoms. The van der Waals surface area contributed by atoms with E-state index in [2.05, 4.69) is 0 Å². The quantitative estimate of drug-likeness (QED) is 0.661. The number of likely N-dealkylation sites (tertiary alicyclic amines) is 1. The summed E-state index contributed by atoms with van der Waals surface area (Å²) in [6, 6.07) is 0. The second kappa shape index (κ2) is 8.92. The smallest absolute Gasteiger partial charge is 0.409 e. The highest BCUT2D eigenvalue weighted by atomic mass is 16.6. The molecule has 2 heterocycles. The largest absolute Gasteiger partial charge is 0.449 e. The van der Waals surface area contributed by atoms with Gasteiger partial charge in [0.15, 0.2) is 0 Å². The van der Waals surface area contributed by atoms with Crippen molar-refractivity contribution in [2.75, 3.05) is 39.3 Å². The Bertz CT molecular complexity index is 603. The Morgan fingerprint density at radius 1 is 0.964 bits per heavy atom. The molecule has 156 valence electrons. The molecule has 2 unspecified atom stereocenters. The first-order valence-corrected chi connectivity index (χ1v) is 10.4. The lowest BCUT2D eigenvalue weighted by molar-refractivity contribution is -0.141. The van der Waals surface area contributed by atoms with Crippen molar-refractivity contribution in [3.63, 3.8) is 0 Å². The molecule has 2 aliphatic heterocycles. The van der Waals surface area contributed by atoms with Crippen LogP contribution in [0.15, 0.2) is 0 Å². The summed E-state index contributed by atoms with van der Waals surface area (Å²) in [6.07, 6.45) is 3.38. The molecule has 0 aromatic carbocycles. The zero-order chi connectivity index (χ0) is 20.3. The van der Waals surface area contributed by atoms with Gasteiger partial charge in [0.05, 0.1) is 18.4 Å². The Labute approximate surface area is 166 Å². The molecule has 8 nitrogen and oxygen atoms in total. The number of amides is 4. The molecule has 8 heteroatoms. The van der Waals surface area contributed by atoms with E-state index in [0.717, 1.165) is 25.7 Å². The van der Waals surface area contributed by atoms with Gasteiger partial charge in [-0.1, -0.05) is 26.7 Å². The molecular formula is C20H31N3O5. The van der Waals surface area contributed by atoms with Crippen molar-refractivity contribution in [1.29, 1.82) is 0 Å². The number of fused-ring (bicyclic) bond motifs is 1. The lowest BCUT2D eigenvalue weighted by Gasteiger charge is -2.34. The van der Waals surface area contributed by atoms with Crippen LogP contribution in [0, 0.1) is 17.8 Å². The number of hydrogen-bond donors (Lipinski definition) is 0. The molecule has 0 bridgehead atoms. The lowest BCUT2D eigenvalue weighted by Crippen LogP contribution is -2.51. The van der Waals surface area contributed by atoms with E-state index >= 15 is 0 Å². The lowest BCUT2D eigenvalue weighted by atomic mass is 9.81. The highest BCUT2D eigenvalue weighted by Gasteiger charge is 2.47. The van der Waals surface area contributed by atoms with E-state index in [1.165, 1.54) is 4.90 Å². The third-order valence-electron chi connectivity index (χ3n) is 5.91. The number of ether oxygens (including phenoxy) is 1. The molecular weight excluding hydrogens is 362 g/mol. The van der Waals surface area contributed by atoms with Crippen molar-refractivity contribution < 1.29 is 23.9 Å². The van der Waals surface area contributed by atoms with Gasteiger partial charge in [-0.25, -0.2) is 4.79 Å². The third kappa shape index (κ3) is 4.47. The van der Waals surface area contributed by atoms with Crippen LogP contribution >= 0.6 is 0 Å². The molecule has 3 rings (SSSR count). The zero-order valence-electron chi connectivity index (χ0n) is 16.9. The van der Waals surface area contributed by atoms with Crippen LogP contribution in [0.2, 0.25) is 0 Å². The number of carbonyl (C=O) groups excluding carboxylic acids is 4. The SMILES string of the molecule is CC(C)COC(=O)N1CCN(C(=O)CCN2C(=O)C3CCCCC3C2=O)CC1. The van der Waals surface area contributed by atoms with Gasteiger partial charge in [-0.15, -0.1) is 0 Å². The van der Waals surface area contributed by atoms with Crippen molar-refractivity contribution in [2.24, 2.45) is 17.8 Å². The van der Waals surface area contributed by atoms with Gasteiger partial charge in [0.1, 0.15) is 0 Å². The Kier molecular flexibility index (Phi) is 6.57. The second-order valence-electron chi connectivity index (χ2n) is 8.41. The zero-order valence-corrected chi connectivity index (χ0v) is 16.9. The van der Waals surface area contributed by atoms with Crippen molar-refractivity contribution in [3.8, 4) is 0 Å². The highest BCUT2D eigenvalue weighted by Crippen LogP contribution is 2.38. The molecule has 1 saturated carbocycles. The number of imide groups is 1. The third-order valence-corrected chi connectivity index (χ3v) is 5.91. The van der Waals surface area contributed by atoms with Crippen molar-refractivity contribution in [2.45, 2.75) is 46.0 Å².